The smallest absolute Gasteiger partial charge is 0.244 e. The fourth-order valence-corrected chi connectivity index (χ4v) is 1.69. The lowest BCUT2D eigenvalue weighted by Gasteiger charge is -2.16. The zero-order valence-electron chi connectivity index (χ0n) is 13.4. The van der Waals surface area contributed by atoms with Gasteiger partial charge in [0.25, 0.3) is 0 Å². The molecule has 2 atom stereocenters. The molecule has 0 fully saturated rings. The Morgan fingerprint density at radius 1 is 1.30 bits per heavy atom. The van der Waals surface area contributed by atoms with Gasteiger partial charge >= 0.3 is 0 Å². The molecule has 0 bridgehead atoms. The molecule has 0 aromatic rings. The van der Waals surface area contributed by atoms with Crippen LogP contribution in [0.4, 0.5) is 0 Å². The lowest BCUT2D eigenvalue weighted by Crippen LogP contribution is -2.38. The summed E-state index contributed by atoms with van der Waals surface area (Å²) < 4.78 is 0. The van der Waals surface area contributed by atoms with Gasteiger partial charge in [-0.1, -0.05) is 18.2 Å². The summed E-state index contributed by atoms with van der Waals surface area (Å²) in [7, 11) is 0. The van der Waals surface area contributed by atoms with E-state index in [0.29, 0.717) is 0 Å². The van der Waals surface area contributed by atoms with Gasteiger partial charge < -0.3 is 27.2 Å². The number of hydrogen-bond donors (Lipinski definition) is 6. The molecule has 0 aliphatic heterocycles. The van der Waals surface area contributed by atoms with Crippen molar-refractivity contribution in [3.05, 3.63) is 24.3 Å². The molecule has 0 saturated carbocycles. The number of amidine groups is 1. The molecule has 0 rings (SSSR count). The number of carbonyl (C=O) groups is 2. The number of allylic oxidation sites excluding steroid dienone is 3. The Morgan fingerprint density at radius 2 is 2.00 bits per heavy atom. The zero-order valence-corrected chi connectivity index (χ0v) is 13.4. The Balaban J connectivity index is 3.91. The molecule has 130 valence electrons. The summed E-state index contributed by atoms with van der Waals surface area (Å²) in [5, 5.41) is 22.0. The van der Waals surface area contributed by atoms with Gasteiger partial charge in [0.2, 0.25) is 11.8 Å². The van der Waals surface area contributed by atoms with Crippen LogP contribution in [0.5, 0.6) is 0 Å². The van der Waals surface area contributed by atoms with Crippen LogP contribution in [0.3, 0.4) is 0 Å². The zero-order chi connectivity index (χ0) is 17.7. The average Bonchev–Trinajstić information content (AvgIpc) is 2.44. The largest absolute Gasteiger partial charge is 0.391 e. The molecule has 0 aromatic carbocycles. The molecule has 0 spiro atoms. The molecule has 2 unspecified atom stereocenters. The van der Waals surface area contributed by atoms with Crippen LogP contribution in [0.15, 0.2) is 24.3 Å². The fourth-order valence-electron chi connectivity index (χ4n) is 1.69. The molecule has 0 saturated heterocycles. The maximum Gasteiger partial charge on any atom is 0.244 e. The summed E-state index contributed by atoms with van der Waals surface area (Å²) in [5.74, 6) is -0.564. The number of rotatable bonds is 11. The summed E-state index contributed by atoms with van der Waals surface area (Å²) in [5.41, 5.74) is 11.0. The molecule has 0 radical (unpaired) electrons. The van der Waals surface area contributed by atoms with Crippen molar-refractivity contribution in [2.75, 3.05) is 13.1 Å². The van der Waals surface area contributed by atoms with E-state index in [1.54, 1.807) is 18.2 Å². The Labute approximate surface area is 136 Å². The van der Waals surface area contributed by atoms with Gasteiger partial charge in [-0.2, -0.15) is 0 Å². The number of carbonyl (C=O) groups excluding carboxylic acids is 2. The molecular weight excluding hydrogens is 298 g/mol. The third-order valence-corrected chi connectivity index (χ3v) is 2.80. The molecule has 0 aliphatic rings. The molecule has 2 amide bonds. The van der Waals surface area contributed by atoms with Crippen molar-refractivity contribution < 1.29 is 14.7 Å². The minimum absolute atomic E-state index is 0.00393. The monoisotopic (exact) mass is 325 g/mol. The maximum atomic E-state index is 11.6. The molecule has 0 aliphatic carbocycles. The highest BCUT2D eigenvalue weighted by Gasteiger charge is 2.14. The van der Waals surface area contributed by atoms with Crippen molar-refractivity contribution in [1.82, 2.24) is 10.6 Å². The van der Waals surface area contributed by atoms with Gasteiger partial charge in [-0.05, 0) is 13.3 Å². The number of amides is 2. The first kappa shape index (κ1) is 20.8. The summed E-state index contributed by atoms with van der Waals surface area (Å²) in [4.78, 5) is 23.0. The van der Waals surface area contributed by atoms with E-state index in [0.717, 1.165) is 0 Å². The predicted molar refractivity (Wildman–Crippen MR) is 89.7 cm³/mol. The molecule has 8 nitrogen and oxygen atoms in total. The number of aliphatic hydroxyl groups is 1. The normalized spacial score (nSPS) is 13.9. The molecule has 23 heavy (non-hydrogen) atoms. The second-order valence-corrected chi connectivity index (χ2v) is 5.11. The summed E-state index contributed by atoms with van der Waals surface area (Å²) in [6.07, 6.45) is 6.18. The first-order valence-corrected chi connectivity index (χ1v) is 7.45. The van der Waals surface area contributed by atoms with Crippen molar-refractivity contribution in [1.29, 1.82) is 5.41 Å². The Bertz CT molecular complexity index is 448. The summed E-state index contributed by atoms with van der Waals surface area (Å²) in [6.45, 7) is 2.19. The third-order valence-electron chi connectivity index (χ3n) is 2.80. The number of aliphatic hydroxyl groups excluding tert-OH is 1. The lowest BCUT2D eigenvalue weighted by atomic mass is 10.1. The first-order valence-electron chi connectivity index (χ1n) is 7.45. The van der Waals surface area contributed by atoms with Crippen LogP contribution in [-0.4, -0.2) is 48.0 Å². The molecule has 8 N–H and O–H groups in total. The molecule has 0 aromatic heterocycles. The first-order chi connectivity index (χ1) is 10.8. The van der Waals surface area contributed by atoms with Gasteiger partial charge in [0.15, 0.2) is 0 Å². The highest BCUT2D eigenvalue weighted by molar-refractivity contribution is 5.87. The number of hydrogen-bond acceptors (Lipinski definition) is 5. The summed E-state index contributed by atoms with van der Waals surface area (Å²) >= 11 is 0. The second kappa shape index (κ2) is 12.4. The van der Waals surface area contributed by atoms with Crippen LogP contribution < -0.4 is 22.1 Å². The van der Waals surface area contributed by atoms with Gasteiger partial charge in [-0.25, -0.2) is 0 Å². The second-order valence-electron chi connectivity index (χ2n) is 5.11. The topological polar surface area (TPSA) is 154 Å². The van der Waals surface area contributed by atoms with E-state index in [-0.39, 0.29) is 50.0 Å². The lowest BCUT2D eigenvalue weighted by molar-refractivity contribution is -0.121. The number of nitrogens with two attached hydrogens (primary N) is 2. The van der Waals surface area contributed by atoms with Crippen LogP contribution >= 0.6 is 0 Å². The van der Waals surface area contributed by atoms with Crippen LogP contribution in [0.25, 0.3) is 0 Å². The third kappa shape index (κ3) is 13.2. The van der Waals surface area contributed by atoms with E-state index < -0.39 is 12.1 Å². The van der Waals surface area contributed by atoms with Crippen molar-refractivity contribution in [3.63, 3.8) is 0 Å². The Morgan fingerprint density at radius 3 is 2.61 bits per heavy atom. The minimum atomic E-state index is -0.825. The van der Waals surface area contributed by atoms with Crippen molar-refractivity contribution >= 4 is 17.6 Å². The van der Waals surface area contributed by atoms with Crippen LogP contribution in [0.2, 0.25) is 0 Å². The van der Waals surface area contributed by atoms with E-state index >= 15 is 0 Å². The van der Waals surface area contributed by atoms with E-state index in [1.165, 1.54) is 6.08 Å². The van der Waals surface area contributed by atoms with E-state index in [4.69, 9.17) is 16.9 Å². The minimum Gasteiger partial charge on any atom is -0.391 e. The highest BCUT2D eigenvalue weighted by atomic mass is 16.3. The SMILES string of the molecule is CC=C/C=C/C(=O)NCC(O)CC(N)CC(=O)NCCC(=N)N. The van der Waals surface area contributed by atoms with Gasteiger partial charge in [0.1, 0.15) is 0 Å². The molecular formula is C15H27N5O3. The Hall–Kier alpha value is -2.19. The van der Waals surface area contributed by atoms with Crippen LogP contribution in [0, 0.1) is 5.41 Å². The van der Waals surface area contributed by atoms with Crippen molar-refractivity contribution in [2.24, 2.45) is 11.5 Å². The standard InChI is InChI=1S/C15H27N5O3/c1-2-3-4-5-14(22)20-10-12(21)8-11(16)9-15(23)19-7-6-13(17)18/h2-5,11-12,21H,6-10,16H2,1H3,(H3,17,18)(H,19,23)(H,20,22)/b3-2?,5-4+. The van der Waals surface area contributed by atoms with Crippen molar-refractivity contribution in [2.45, 2.75) is 38.3 Å². The predicted octanol–water partition coefficient (Wildman–Crippen LogP) is -0.854. The van der Waals surface area contributed by atoms with Crippen LogP contribution in [0.1, 0.15) is 26.2 Å². The average molecular weight is 325 g/mol. The molecule has 0 heterocycles. The van der Waals surface area contributed by atoms with Gasteiger partial charge in [0, 0.05) is 38.0 Å². The molecule has 8 heteroatoms. The van der Waals surface area contributed by atoms with Crippen LogP contribution in [-0.2, 0) is 9.59 Å². The van der Waals surface area contributed by atoms with Crippen molar-refractivity contribution in [3.8, 4) is 0 Å². The van der Waals surface area contributed by atoms with E-state index in [1.807, 2.05) is 6.92 Å². The van der Waals surface area contributed by atoms with E-state index in [9.17, 15) is 14.7 Å². The highest BCUT2D eigenvalue weighted by Crippen LogP contribution is 2.00. The maximum absolute atomic E-state index is 11.6. The van der Waals surface area contributed by atoms with Gasteiger partial charge in [0.05, 0.1) is 11.9 Å². The number of nitrogens with one attached hydrogen (secondary N) is 3. The fraction of sp³-hybridized carbons (Fsp3) is 0.533. The Kier molecular flexibility index (Phi) is 11.2. The van der Waals surface area contributed by atoms with Gasteiger partial charge in [-0.3, -0.25) is 15.0 Å². The summed E-state index contributed by atoms with van der Waals surface area (Å²) in [6, 6.07) is -0.516. The quantitative estimate of drug-likeness (QED) is 0.126. The van der Waals surface area contributed by atoms with Gasteiger partial charge in [-0.15, -0.1) is 0 Å². The van der Waals surface area contributed by atoms with E-state index in [2.05, 4.69) is 10.6 Å².